The quantitative estimate of drug-likeness (QED) is 0.490. The molecule has 1 N–H and O–H groups in total. The Bertz CT molecular complexity index is 401. The fourth-order valence-electron chi connectivity index (χ4n) is 1.42. The lowest BCUT2D eigenvalue weighted by Gasteiger charge is -1.87. The van der Waals surface area contributed by atoms with Crippen molar-refractivity contribution in [3.63, 3.8) is 0 Å². The van der Waals surface area contributed by atoms with Gasteiger partial charge in [-0.15, -0.1) is 0 Å². The second-order valence-electron chi connectivity index (χ2n) is 2.68. The van der Waals surface area contributed by atoms with Gasteiger partial charge in [0.05, 0.1) is 0 Å². The lowest BCUT2D eigenvalue weighted by Crippen LogP contribution is -1.73. The summed E-state index contributed by atoms with van der Waals surface area (Å²) in [5, 5.41) is 1.30. The van der Waals surface area contributed by atoms with Gasteiger partial charge >= 0.3 is 0 Å². The van der Waals surface area contributed by atoms with Crippen molar-refractivity contribution >= 4 is 10.9 Å². The number of nitrogens with zero attached hydrogens (tertiary/aromatic N) is 1. The lowest BCUT2D eigenvalue weighted by molar-refractivity contribution is 1.31. The summed E-state index contributed by atoms with van der Waals surface area (Å²) >= 11 is 0. The molecule has 10 heavy (non-hydrogen) atoms. The molecule has 0 spiro atoms. The van der Waals surface area contributed by atoms with Crippen LogP contribution in [-0.4, -0.2) is 9.97 Å². The van der Waals surface area contributed by atoms with Crippen LogP contribution >= 0.6 is 0 Å². The van der Waals surface area contributed by atoms with Crippen molar-refractivity contribution in [3.05, 3.63) is 29.7 Å². The summed E-state index contributed by atoms with van der Waals surface area (Å²) in [5.41, 5.74) is 4.08. The smallest absolute Gasteiger partial charge is 0.0490 e. The first-order chi connectivity index (χ1) is 4.95. The number of aromatic nitrogens is 2. The van der Waals surface area contributed by atoms with E-state index in [1.165, 1.54) is 22.2 Å². The fraction of sp³-hybridized carbons (Fsp3) is 0.125. The van der Waals surface area contributed by atoms with Crippen LogP contribution in [0.3, 0.4) is 0 Å². The molecule has 0 aromatic carbocycles. The van der Waals surface area contributed by atoms with E-state index in [2.05, 4.69) is 9.97 Å². The third kappa shape index (κ3) is 0.386. The first-order valence-corrected chi connectivity index (χ1v) is 3.38. The van der Waals surface area contributed by atoms with E-state index in [9.17, 15) is 0 Å². The third-order valence-corrected chi connectivity index (χ3v) is 2.02. The van der Waals surface area contributed by atoms with E-state index in [0.29, 0.717) is 0 Å². The predicted molar refractivity (Wildman–Crippen MR) is 38.9 cm³/mol. The molecule has 2 heterocycles. The largest absolute Gasteiger partial charge is 0.358 e. The Balaban J connectivity index is 2.60. The van der Waals surface area contributed by atoms with Crippen LogP contribution < -0.4 is 0 Å². The Morgan fingerprint density at radius 1 is 1.50 bits per heavy atom. The van der Waals surface area contributed by atoms with Gasteiger partial charge in [0.2, 0.25) is 0 Å². The summed E-state index contributed by atoms with van der Waals surface area (Å²) in [6.45, 7) is 0. The van der Waals surface area contributed by atoms with Crippen molar-refractivity contribution in [1.82, 2.24) is 9.97 Å². The Labute approximate surface area is 57.9 Å². The van der Waals surface area contributed by atoms with E-state index < -0.39 is 0 Å². The molecule has 0 radical (unpaired) electrons. The minimum Gasteiger partial charge on any atom is -0.358 e. The molecule has 48 valence electrons. The molecule has 1 aliphatic rings. The van der Waals surface area contributed by atoms with Gasteiger partial charge in [-0.2, -0.15) is 0 Å². The van der Waals surface area contributed by atoms with Gasteiger partial charge in [0.1, 0.15) is 0 Å². The number of fused-ring (bicyclic) bond motifs is 3. The SMILES string of the molecule is c1cc2[nH]c3c(c2cn1)C3. The maximum atomic E-state index is 4.06. The van der Waals surface area contributed by atoms with Gasteiger partial charge in [-0.25, -0.2) is 0 Å². The van der Waals surface area contributed by atoms with Crippen LogP contribution in [0.1, 0.15) is 11.3 Å². The van der Waals surface area contributed by atoms with Gasteiger partial charge in [-0.1, -0.05) is 0 Å². The highest BCUT2D eigenvalue weighted by molar-refractivity contribution is 5.88. The molecular formula is C8H6N2. The van der Waals surface area contributed by atoms with Crippen molar-refractivity contribution < 1.29 is 0 Å². The normalized spacial score (nSPS) is 13.6. The molecule has 0 fully saturated rings. The molecule has 0 bridgehead atoms. The van der Waals surface area contributed by atoms with E-state index >= 15 is 0 Å². The van der Waals surface area contributed by atoms with Crippen molar-refractivity contribution in [3.8, 4) is 0 Å². The van der Waals surface area contributed by atoms with Crippen molar-refractivity contribution in [2.75, 3.05) is 0 Å². The topological polar surface area (TPSA) is 28.7 Å². The molecule has 2 nitrogen and oxygen atoms in total. The van der Waals surface area contributed by atoms with Crippen molar-refractivity contribution in [2.24, 2.45) is 0 Å². The van der Waals surface area contributed by atoms with Crippen LogP contribution in [0.2, 0.25) is 0 Å². The van der Waals surface area contributed by atoms with E-state index in [1.807, 2.05) is 18.5 Å². The molecule has 0 aliphatic heterocycles. The molecule has 2 aromatic heterocycles. The van der Waals surface area contributed by atoms with E-state index in [-0.39, 0.29) is 0 Å². The lowest BCUT2D eigenvalue weighted by atomic mass is 10.3. The zero-order valence-corrected chi connectivity index (χ0v) is 5.39. The minimum absolute atomic E-state index is 1.15. The summed E-state index contributed by atoms with van der Waals surface area (Å²) in [6, 6.07) is 2.02. The molecule has 2 aromatic rings. The van der Waals surface area contributed by atoms with Gasteiger partial charge in [-0.05, 0) is 11.6 Å². The molecule has 0 atom stereocenters. The molecule has 0 saturated heterocycles. The average Bonchev–Trinajstić information content (AvgIpc) is 2.64. The van der Waals surface area contributed by atoms with Gasteiger partial charge < -0.3 is 4.98 Å². The summed E-state index contributed by atoms with van der Waals surface area (Å²) in [5.74, 6) is 0. The zero-order valence-electron chi connectivity index (χ0n) is 5.39. The standard InChI is InChI=1S/C8H6N2/c1-2-9-4-6-5-3-8(5)10-7(1)6/h1-2,4,10H,3H2. The molecule has 0 unspecified atom stereocenters. The molecule has 0 saturated carbocycles. The maximum Gasteiger partial charge on any atom is 0.0490 e. The van der Waals surface area contributed by atoms with Crippen molar-refractivity contribution in [1.29, 1.82) is 0 Å². The Kier molecular flexibility index (Phi) is 0.556. The molecule has 3 rings (SSSR count). The second-order valence-corrected chi connectivity index (χ2v) is 2.68. The first kappa shape index (κ1) is 4.50. The number of aromatic amines is 1. The number of rotatable bonds is 0. The van der Waals surface area contributed by atoms with Crippen LogP contribution in [0.15, 0.2) is 18.5 Å². The van der Waals surface area contributed by atoms with E-state index in [1.54, 1.807) is 0 Å². The maximum absolute atomic E-state index is 4.06. The number of H-pyrrole nitrogens is 1. The third-order valence-electron chi connectivity index (χ3n) is 2.02. The van der Waals surface area contributed by atoms with Crippen molar-refractivity contribution in [2.45, 2.75) is 6.42 Å². The van der Waals surface area contributed by atoms with Gasteiger partial charge in [0.25, 0.3) is 0 Å². The Morgan fingerprint density at radius 3 is 3.40 bits per heavy atom. The van der Waals surface area contributed by atoms with Gasteiger partial charge in [-0.3, -0.25) is 4.98 Å². The average molecular weight is 130 g/mol. The first-order valence-electron chi connectivity index (χ1n) is 3.38. The summed E-state index contributed by atoms with van der Waals surface area (Å²) in [7, 11) is 0. The molecule has 1 aliphatic carbocycles. The second kappa shape index (κ2) is 1.24. The molecule has 0 amide bonds. The number of hydrogen-bond acceptors (Lipinski definition) is 1. The van der Waals surface area contributed by atoms with E-state index in [4.69, 9.17) is 0 Å². The molecule has 2 heteroatoms. The number of hydrogen-bond donors (Lipinski definition) is 1. The highest BCUT2D eigenvalue weighted by atomic mass is 14.8. The Hall–Kier alpha value is -1.31. The zero-order chi connectivity index (χ0) is 6.55. The van der Waals surface area contributed by atoms with Gasteiger partial charge in [0, 0.05) is 35.4 Å². The van der Waals surface area contributed by atoms with Crippen LogP contribution in [0, 0.1) is 0 Å². The minimum atomic E-state index is 1.15. The number of nitrogens with one attached hydrogen (secondary N) is 1. The summed E-state index contributed by atoms with van der Waals surface area (Å²) < 4.78 is 0. The number of pyridine rings is 1. The highest BCUT2D eigenvalue weighted by Crippen LogP contribution is 2.34. The predicted octanol–water partition coefficient (Wildman–Crippen LogP) is 1.47. The monoisotopic (exact) mass is 130 g/mol. The van der Waals surface area contributed by atoms with Crippen LogP contribution in [0.4, 0.5) is 0 Å². The fourth-order valence-corrected chi connectivity index (χ4v) is 1.42. The molecular weight excluding hydrogens is 124 g/mol. The van der Waals surface area contributed by atoms with Crippen LogP contribution in [0.5, 0.6) is 0 Å². The van der Waals surface area contributed by atoms with Gasteiger partial charge in [0.15, 0.2) is 0 Å². The van der Waals surface area contributed by atoms with Crippen LogP contribution in [-0.2, 0) is 6.42 Å². The Morgan fingerprint density at radius 2 is 2.50 bits per heavy atom. The van der Waals surface area contributed by atoms with E-state index in [0.717, 1.165) is 6.42 Å². The summed E-state index contributed by atoms with van der Waals surface area (Å²) in [6.07, 6.45) is 4.90. The highest BCUT2D eigenvalue weighted by Gasteiger charge is 2.22. The summed E-state index contributed by atoms with van der Waals surface area (Å²) in [4.78, 5) is 7.37. The van der Waals surface area contributed by atoms with Crippen LogP contribution in [0.25, 0.3) is 10.9 Å².